The molecule has 9 heteroatoms. The Morgan fingerprint density at radius 1 is 0.733 bits per heavy atom. The van der Waals surface area contributed by atoms with Crippen molar-refractivity contribution in [1.82, 2.24) is 0 Å². The number of benzene rings is 2. The van der Waals surface area contributed by atoms with Crippen LogP contribution in [0.5, 0.6) is 11.5 Å². The fraction of sp³-hybridized carbons (Fsp3) is 0.556. The van der Waals surface area contributed by atoms with Gasteiger partial charge >= 0.3 is 16.8 Å². The van der Waals surface area contributed by atoms with Gasteiger partial charge in [-0.05, 0) is 111 Å². The number of rotatable bonds is 10. The van der Waals surface area contributed by atoms with Crippen LogP contribution in [0.2, 0.25) is 0 Å². The molecule has 1 fully saturated rings. The van der Waals surface area contributed by atoms with Crippen molar-refractivity contribution in [2.24, 2.45) is 21.8 Å². The third kappa shape index (κ3) is 16.6. The molecule has 0 aromatic heterocycles. The van der Waals surface area contributed by atoms with Crippen molar-refractivity contribution >= 4 is 24.4 Å². The Morgan fingerprint density at radius 2 is 1.02 bits per heavy atom. The van der Waals surface area contributed by atoms with Gasteiger partial charge in [0, 0.05) is 35.5 Å². The molecule has 0 unspecified atom stereocenters. The van der Waals surface area contributed by atoms with Gasteiger partial charge in [0.1, 0.15) is 11.5 Å². The van der Waals surface area contributed by atoms with Crippen LogP contribution < -0.4 is 10.2 Å². The Labute approximate surface area is 280 Å². The van der Waals surface area contributed by atoms with E-state index in [1.165, 1.54) is 11.1 Å². The number of phenolic OH excluding ortho intramolecular Hbond substituents is 2. The van der Waals surface area contributed by atoms with Crippen LogP contribution in [-0.4, -0.2) is 46.7 Å². The van der Waals surface area contributed by atoms with E-state index in [-0.39, 0.29) is 28.9 Å². The molecule has 2 N–H and O–H groups in total. The summed E-state index contributed by atoms with van der Waals surface area (Å²) in [5.74, 6) is -0.267. The summed E-state index contributed by atoms with van der Waals surface area (Å²) in [4.78, 5) is 27.5. The van der Waals surface area contributed by atoms with Crippen LogP contribution in [0.15, 0.2) is 34.3 Å². The Morgan fingerprint density at radius 3 is 1.27 bits per heavy atom. The molecule has 0 heterocycles. The first kappa shape index (κ1) is 41.8. The van der Waals surface area contributed by atoms with Crippen molar-refractivity contribution in [3.8, 4) is 11.5 Å². The fourth-order valence-electron chi connectivity index (χ4n) is 5.22. The third-order valence-corrected chi connectivity index (χ3v) is 7.12. The fourth-order valence-corrected chi connectivity index (χ4v) is 5.22. The number of carbonyl (C=O) groups excluding carboxylic acids is 2. The molecule has 1 saturated carbocycles. The molecule has 1 aliphatic carbocycles. The SMILES string of the molecule is CC(=O)[O-].CC(=O)[O-].CCc1cc(CC(C)C)cc(C=NC2CCC(N=Cc3cc(CC(C)C)cc(CC)c3O)CC2)c1O.[Co+2]. The van der Waals surface area contributed by atoms with Gasteiger partial charge in [-0.15, -0.1) is 0 Å². The van der Waals surface area contributed by atoms with E-state index in [1.807, 2.05) is 12.4 Å². The number of carboxylic acids is 2. The molecule has 45 heavy (non-hydrogen) atoms. The number of carbonyl (C=O) groups is 2. The van der Waals surface area contributed by atoms with Crippen LogP contribution in [0.4, 0.5) is 0 Å². The molecule has 2 aromatic rings. The molecule has 8 nitrogen and oxygen atoms in total. The van der Waals surface area contributed by atoms with E-state index in [0.717, 1.165) is 87.5 Å². The second-order valence-corrected chi connectivity index (χ2v) is 12.3. The monoisotopic (exact) mass is 667 g/mol. The molecule has 0 aliphatic heterocycles. The molecule has 0 amide bonds. The average molecular weight is 668 g/mol. The van der Waals surface area contributed by atoms with Crippen LogP contribution >= 0.6 is 0 Å². The summed E-state index contributed by atoms with van der Waals surface area (Å²) in [6, 6.07) is 9.00. The molecule has 0 bridgehead atoms. The zero-order chi connectivity index (χ0) is 33.4. The zero-order valence-electron chi connectivity index (χ0n) is 28.2. The average Bonchev–Trinajstić information content (AvgIpc) is 2.92. The smallest absolute Gasteiger partial charge is 0.550 e. The summed E-state index contributed by atoms with van der Waals surface area (Å²) in [6.45, 7) is 15.0. The Hall–Kier alpha value is -3.17. The van der Waals surface area contributed by atoms with Crippen LogP contribution in [0.1, 0.15) is 114 Å². The number of aliphatic carboxylic acids is 2. The summed E-state index contributed by atoms with van der Waals surface area (Å²) >= 11 is 0. The molecule has 2 aromatic carbocycles. The zero-order valence-corrected chi connectivity index (χ0v) is 29.2. The number of aliphatic imine (C=N–C) groups is 2. The number of aryl methyl sites for hydroxylation is 2. The summed E-state index contributed by atoms with van der Waals surface area (Å²) in [7, 11) is 0. The topological polar surface area (TPSA) is 145 Å². The first-order chi connectivity index (χ1) is 20.7. The number of hydrogen-bond acceptors (Lipinski definition) is 8. The molecule has 3 rings (SSSR count). The van der Waals surface area contributed by atoms with Crippen molar-refractivity contribution < 1.29 is 46.8 Å². The second kappa shape index (κ2) is 21.5. The first-order valence-electron chi connectivity index (χ1n) is 15.8. The molecule has 1 aliphatic rings. The van der Waals surface area contributed by atoms with E-state index in [1.54, 1.807) is 0 Å². The van der Waals surface area contributed by atoms with Crippen LogP contribution in [-0.2, 0) is 52.1 Å². The summed E-state index contributed by atoms with van der Waals surface area (Å²) < 4.78 is 0. The standard InChI is InChI=1S/C32H46N2O2.2C2H4O2.Co/c1-7-25-15-23(13-21(3)4)17-27(31(25)35)19-33-29-9-11-30(12-10-29)34-20-28-18-24(14-22(5)6)16-26(8-2)32(28)36;2*1-2(3)4;/h15-22,29-30,35-36H,7-14H2,1-6H3;2*1H3,(H,3,4);/q;;;+2/p-2. The van der Waals surface area contributed by atoms with Gasteiger partial charge in [0.25, 0.3) is 0 Å². The van der Waals surface area contributed by atoms with E-state index in [4.69, 9.17) is 29.8 Å². The van der Waals surface area contributed by atoms with E-state index in [2.05, 4.69) is 65.8 Å². The molecule has 0 atom stereocenters. The number of hydrogen-bond donors (Lipinski definition) is 2. The van der Waals surface area contributed by atoms with Gasteiger partial charge in [-0.25, -0.2) is 0 Å². The number of nitrogens with zero attached hydrogens (tertiary/aromatic N) is 2. The predicted molar refractivity (Wildman–Crippen MR) is 175 cm³/mol. The van der Waals surface area contributed by atoms with Gasteiger partial charge in [0.2, 0.25) is 0 Å². The molecular weight excluding hydrogens is 615 g/mol. The summed E-state index contributed by atoms with van der Waals surface area (Å²) in [5, 5.41) is 39.2. The van der Waals surface area contributed by atoms with Gasteiger partial charge in [0.05, 0.1) is 12.1 Å². The summed E-state index contributed by atoms with van der Waals surface area (Å²) in [5.41, 5.74) is 6.22. The second-order valence-electron chi connectivity index (χ2n) is 12.3. The van der Waals surface area contributed by atoms with Gasteiger partial charge in [0.15, 0.2) is 0 Å². The molecule has 251 valence electrons. The quantitative estimate of drug-likeness (QED) is 0.342. The molecule has 1 radical (unpaired) electrons. The predicted octanol–water partition coefficient (Wildman–Crippen LogP) is 4.98. The van der Waals surface area contributed by atoms with E-state index < -0.39 is 11.9 Å². The number of phenols is 2. The molecular formula is C36H52CoN2O6. The third-order valence-electron chi connectivity index (χ3n) is 7.12. The number of carboxylic acid groups (broad SMARTS) is 2. The van der Waals surface area contributed by atoms with Crippen molar-refractivity contribution in [1.29, 1.82) is 0 Å². The maximum absolute atomic E-state index is 10.7. The van der Waals surface area contributed by atoms with Gasteiger partial charge in [-0.1, -0.05) is 53.7 Å². The van der Waals surface area contributed by atoms with Crippen LogP contribution in [0.25, 0.3) is 0 Å². The Bertz CT molecular complexity index is 1160. The van der Waals surface area contributed by atoms with E-state index >= 15 is 0 Å². The van der Waals surface area contributed by atoms with Crippen LogP contribution in [0, 0.1) is 11.8 Å². The van der Waals surface area contributed by atoms with Crippen molar-refractivity contribution in [3.05, 3.63) is 57.6 Å². The molecule has 0 spiro atoms. The van der Waals surface area contributed by atoms with Gasteiger partial charge in [-0.3, -0.25) is 9.98 Å². The van der Waals surface area contributed by atoms with Crippen molar-refractivity contribution in [2.75, 3.05) is 0 Å². The van der Waals surface area contributed by atoms with Gasteiger partial charge < -0.3 is 30.0 Å². The molecule has 0 saturated heterocycles. The number of aromatic hydroxyl groups is 2. The minimum absolute atomic E-state index is 0. The Balaban J connectivity index is 0.00000192. The maximum Gasteiger partial charge on any atom is 2.00 e. The minimum Gasteiger partial charge on any atom is -0.550 e. The normalized spacial score (nSPS) is 16.1. The Kier molecular flexibility index (Phi) is 20.0. The van der Waals surface area contributed by atoms with E-state index in [9.17, 15) is 10.2 Å². The summed E-state index contributed by atoms with van der Waals surface area (Å²) in [6.07, 6.45) is 11.4. The van der Waals surface area contributed by atoms with Crippen molar-refractivity contribution in [3.63, 3.8) is 0 Å². The van der Waals surface area contributed by atoms with Crippen LogP contribution in [0.3, 0.4) is 0 Å². The largest absolute Gasteiger partial charge is 2.00 e. The van der Waals surface area contributed by atoms with Gasteiger partial charge in [-0.2, -0.15) is 0 Å². The van der Waals surface area contributed by atoms with E-state index in [0.29, 0.717) is 23.3 Å². The minimum atomic E-state index is -1.08. The van der Waals surface area contributed by atoms with Crippen molar-refractivity contribution in [2.45, 2.75) is 119 Å². The maximum atomic E-state index is 10.7. The first-order valence-corrected chi connectivity index (χ1v) is 15.8.